The van der Waals surface area contributed by atoms with Crippen molar-refractivity contribution in [2.45, 2.75) is 19.4 Å². The molecule has 18 heavy (non-hydrogen) atoms. The number of ether oxygens (including phenoxy) is 1. The van der Waals surface area contributed by atoms with E-state index >= 15 is 0 Å². The maximum atomic E-state index is 10.1. The summed E-state index contributed by atoms with van der Waals surface area (Å²) in [6.07, 6.45) is 1.75. The Morgan fingerprint density at radius 1 is 1.22 bits per heavy atom. The van der Waals surface area contributed by atoms with E-state index in [0.29, 0.717) is 6.42 Å². The zero-order valence-corrected chi connectivity index (χ0v) is 10.6. The van der Waals surface area contributed by atoms with E-state index in [-0.39, 0.29) is 0 Å². The fraction of sp³-hybridized carbons (Fsp3) is 0.267. The van der Waals surface area contributed by atoms with Crippen LogP contribution in [0.2, 0.25) is 0 Å². The van der Waals surface area contributed by atoms with Gasteiger partial charge in [-0.15, -0.1) is 0 Å². The Hall–Kier alpha value is -1.87. The van der Waals surface area contributed by atoms with E-state index in [4.69, 9.17) is 4.74 Å². The molecule has 0 saturated carbocycles. The van der Waals surface area contributed by atoms with Gasteiger partial charge in [-0.1, -0.05) is 12.1 Å². The van der Waals surface area contributed by atoms with E-state index < -0.39 is 6.10 Å². The molecule has 0 amide bonds. The lowest BCUT2D eigenvalue weighted by Gasteiger charge is -2.11. The molecule has 0 spiro atoms. The average molecular weight is 243 g/mol. The highest BCUT2D eigenvalue weighted by atomic mass is 16.5. The van der Waals surface area contributed by atoms with E-state index in [1.165, 1.54) is 0 Å². The highest BCUT2D eigenvalue weighted by Crippen LogP contribution is 2.20. The molecule has 1 unspecified atom stereocenters. The van der Waals surface area contributed by atoms with Gasteiger partial charge < -0.3 is 9.84 Å². The Kier molecular flexibility index (Phi) is 3.95. The standard InChI is InChI=1S/C15H17NO2/c1-11-7-8-16-13(9-11)10-15(17)12-3-5-14(18-2)6-4-12/h3-9,15,17H,10H2,1-2H3. The lowest BCUT2D eigenvalue weighted by atomic mass is 10.0. The maximum Gasteiger partial charge on any atom is 0.118 e. The van der Waals surface area contributed by atoms with Crippen LogP contribution in [0.3, 0.4) is 0 Å². The predicted molar refractivity (Wildman–Crippen MR) is 70.6 cm³/mol. The molecular formula is C15H17NO2. The summed E-state index contributed by atoms with van der Waals surface area (Å²) >= 11 is 0. The first-order chi connectivity index (χ1) is 8.69. The van der Waals surface area contributed by atoms with Gasteiger partial charge in [-0.25, -0.2) is 0 Å². The molecule has 2 rings (SSSR count). The molecule has 1 atom stereocenters. The number of aryl methyl sites for hydroxylation is 1. The van der Waals surface area contributed by atoms with Crippen LogP contribution in [0, 0.1) is 6.92 Å². The lowest BCUT2D eigenvalue weighted by molar-refractivity contribution is 0.177. The van der Waals surface area contributed by atoms with Gasteiger partial charge >= 0.3 is 0 Å². The first-order valence-electron chi connectivity index (χ1n) is 5.92. The summed E-state index contributed by atoms with van der Waals surface area (Å²) in [6, 6.07) is 11.4. The van der Waals surface area contributed by atoms with Crippen molar-refractivity contribution in [2.75, 3.05) is 7.11 Å². The summed E-state index contributed by atoms with van der Waals surface area (Å²) in [5.74, 6) is 0.791. The molecule has 1 aromatic heterocycles. The molecule has 0 aliphatic carbocycles. The highest BCUT2D eigenvalue weighted by molar-refractivity contribution is 5.29. The molecule has 0 aliphatic rings. The molecule has 1 heterocycles. The number of methoxy groups -OCH3 is 1. The van der Waals surface area contributed by atoms with Crippen LogP contribution in [0.15, 0.2) is 42.6 Å². The number of pyridine rings is 1. The Bertz CT molecular complexity index is 508. The fourth-order valence-electron chi connectivity index (χ4n) is 1.85. The molecule has 1 N–H and O–H groups in total. The summed E-state index contributed by atoms with van der Waals surface area (Å²) in [4.78, 5) is 4.25. The van der Waals surface area contributed by atoms with Gasteiger partial charge in [0.15, 0.2) is 0 Å². The average Bonchev–Trinajstić information content (AvgIpc) is 2.39. The number of rotatable bonds is 4. The predicted octanol–water partition coefficient (Wildman–Crippen LogP) is 2.67. The van der Waals surface area contributed by atoms with Gasteiger partial charge in [0.25, 0.3) is 0 Å². The van der Waals surface area contributed by atoms with Crippen molar-refractivity contribution in [2.24, 2.45) is 0 Å². The van der Waals surface area contributed by atoms with Gasteiger partial charge in [-0.3, -0.25) is 4.98 Å². The molecule has 0 bridgehead atoms. The fourth-order valence-corrected chi connectivity index (χ4v) is 1.85. The minimum absolute atomic E-state index is 0.522. The molecule has 0 fully saturated rings. The van der Waals surface area contributed by atoms with Crippen LogP contribution in [0.1, 0.15) is 22.9 Å². The van der Waals surface area contributed by atoms with Crippen LogP contribution < -0.4 is 4.74 Å². The molecule has 0 saturated heterocycles. The van der Waals surface area contributed by atoms with Gasteiger partial charge in [-0.2, -0.15) is 0 Å². The molecule has 3 heteroatoms. The maximum absolute atomic E-state index is 10.1. The van der Waals surface area contributed by atoms with Crippen LogP contribution in [0.5, 0.6) is 5.75 Å². The Morgan fingerprint density at radius 2 is 1.94 bits per heavy atom. The first-order valence-corrected chi connectivity index (χ1v) is 5.92. The third-order valence-corrected chi connectivity index (χ3v) is 2.88. The van der Waals surface area contributed by atoms with Crippen molar-refractivity contribution < 1.29 is 9.84 Å². The van der Waals surface area contributed by atoms with Crippen LogP contribution in [-0.2, 0) is 6.42 Å². The van der Waals surface area contributed by atoms with Gasteiger partial charge in [0.05, 0.1) is 13.2 Å². The number of aromatic nitrogens is 1. The minimum atomic E-state index is -0.537. The summed E-state index contributed by atoms with van der Waals surface area (Å²) in [5.41, 5.74) is 2.93. The Labute approximate surface area is 107 Å². The molecule has 3 nitrogen and oxygen atoms in total. The summed E-state index contributed by atoms with van der Waals surface area (Å²) in [6.45, 7) is 2.02. The minimum Gasteiger partial charge on any atom is -0.497 e. The van der Waals surface area contributed by atoms with Crippen molar-refractivity contribution in [1.82, 2.24) is 4.98 Å². The Balaban J connectivity index is 2.09. The second kappa shape index (κ2) is 5.65. The van der Waals surface area contributed by atoms with Crippen molar-refractivity contribution in [3.8, 4) is 5.75 Å². The molecule has 1 aromatic carbocycles. The SMILES string of the molecule is COc1ccc(C(O)Cc2cc(C)ccn2)cc1. The van der Waals surface area contributed by atoms with E-state index in [0.717, 1.165) is 22.6 Å². The molecular weight excluding hydrogens is 226 g/mol. The summed E-state index contributed by atoms with van der Waals surface area (Å²) in [7, 11) is 1.63. The molecule has 94 valence electrons. The normalized spacial score (nSPS) is 12.2. The third-order valence-electron chi connectivity index (χ3n) is 2.88. The highest BCUT2D eigenvalue weighted by Gasteiger charge is 2.09. The van der Waals surface area contributed by atoms with Gasteiger partial charge in [0.1, 0.15) is 5.75 Å². The quantitative estimate of drug-likeness (QED) is 0.897. The number of hydrogen-bond acceptors (Lipinski definition) is 3. The van der Waals surface area contributed by atoms with Crippen LogP contribution in [0.4, 0.5) is 0 Å². The van der Waals surface area contributed by atoms with E-state index in [1.807, 2.05) is 43.3 Å². The van der Waals surface area contributed by atoms with Gasteiger partial charge in [0.2, 0.25) is 0 Å². The van der Waals surface area contributed by atoms with Gasteiger partial charge in [0, 0.05) is 18.3 Å². The van der Waals surface area contributed by atoms with Crippen molar-refractivity contribution in [3.05, 3.63) is 59.4 Å². The van der Waals surface area contributed by atoms with E-state index in [1.54, 1.807) is 13.3 Å². The van der Waals surface area contributed by atoms with Gasteiger partial charge in [-0.05, 0) is 42.3 Å². The van der Waals surface area contributed by atoms with Crippen molar-refractivity contribution >= 4 is 0 Å². The van der Waals surface area contributed by atoms with Crippen LogP contribution in [-0.4, -0.2) is 17.2 Å². The monoisotopic (exact) mass is 243 g/mol. The number of hydrogen-bond donors (Lipinski definition) is 1. The number of benzene rings is 1. The van der Waals surface area contributed by atoms with Crippen LogP contribution >= 0.6 is 0 Å². The number of aliphatic hydroxyl groups is 1. The lowest BCUT2D eigenvalue weighted by Crippen LogP contribution is -2.03. The van der Waals surface area contributed by atoms with Crippen molar-refractivity contribution in [3.63, 3.8) is 0 Å². The largest absolute Gasteiger partial charge is 0.497 e. The summed E-state index contributed by atoms with van der Waals surface area (Å²) < 4.78 is 5.09. The molecule has 0 aliphatic heterocycles. The van der Waals surface area contributed by atoms with E-state index in [2.05, 4.69) is 4.98 Å². The third kappa shape index (κ3) is 3.08. The zero-order valence-electron chi connectivity index (χ0n) is 10.6. The Morgan fingerprint density at radius 3 is 2.56 bits per heavy atom. The second-order valence-corrected chi connectivity index (χ2v) is 4.32. The molecule has 2 aromatic rings. The topological polar surface area (TPSA) is 42.4 Å². The zero-order chi connectivity index (χ0) is 13.0. The van der Waals surface area contributed by atoms with E-state index in [9.17, 15) is 5.11 Å². The second-order valence-electron chi connectivity index (χ2n) is 4.32. The number of aliphatic hydroxyl groups excluding tert-OH is 1. The summed E-state index contributed by atoms with van der Waals surface area (Å²) in [5, 5.41) is 10.1. The smallest absolute Gasteiger partial charge is 0.118 e. The molecule has 0 radical (unpaired) electrons. The first kappa shape index (κ1) is 12.6. The van der Waals surface area contributed by atoms with Crippen LogP contribution in [0.25, 0.3) is 0 Å². The number of nitrogens with zero attached hydrogens (tertiary/aromatic N) is 1. The van der Waals surface area contributed by atoms with Crippen molar-refractivity contribution in [1.29, 1.82) is 0 Å².